The smallest absolute Gasteiger partial charge is 0.464 e. The Labute approximate surface area is 237 Å². The van der Waals surface area contributed by atoms with Gasteiger partial charge in [0.2, 0.25) is 0 Å². The van der Waals surface area contributed by atoms with Crippen LogP contribution in [0.1, 0.15) is 45.1 Å². The summed E-state index contributed by atoms with van der Waals surface area (Å²) in [7, 11) is -1.87. The Balaban J connectivity index is 1.38. The van der Waals surface area contributed by atoms with Gasteiger partial charge in [-0.3, -0.25) is 9.69 Å². The van der Waals surface area contributed by atoms with E-state index >= 15 is 0 Å². The molecule has 220 valence electrons. The molecule has 2 aliphatic rings. The van der Waals surface area contributed by atoms with E-state index in [1.165, 1.54) is 17.2 Å². The first-order valence-corrected chi connectivity index (χ1v) is 13.7. The number of benzene rings is 1. The Bertz CT molecular complexity index is 1320. The third-order valence-electron chi connectivity index (χ3n) is 7.79. The van der Waals surface area contributed by atoms with Crippen LogP contribution >= 0.6 is 0 Å². The van der Waals surface area contributed by atoms with Crippen molar-refractivity contribution in [2.45, 2.75) is 69.4 Å². The van der Waals surface area contributed by atoms with Gasteiger partial charge >= 0.3 is 13.2 Å². The molecule has 0 saturated carbocycles. The second-order valence-electron chi connectivity index (χ2n) is 11.2. The van der Waals surface area contributed by atoms with E-state index in [2.05, 4.69) is 5.32 Å². The molecule has 2 amide bonds. The van der Waals surface area contributed by atoms with E-state index in [1.54, 1.807) is 24.8 Å². The van der Waals surface area contributed by atoms with E-state index < -0.39 is 49.1 Å². The molecular weight excluding hydrogens is 537 g/mol. The lowest BCUT2D eigenvalue weighted by molar-refractivity contribution is -0.131. The highest BCUT2D eigenvalue weighted by Crippen LogP contribution is 2.33. The van der Waals surface area contributed by atoms with Crippen LogP contribution in [0.4, 0.5) is 13.6 Å². The summed E-state index contributed by atoms with van der Waals surface area (Å²) in [6.07, 6.45) is 3.86. The average Bonchev–Trinajstić information content (AvgIpc) is 3.53. The van der Waals surface area contributed by atoms with Gasteiger partial charge in [0, 0.05) is 30.4 Å². The summed E-state index contributed by atoms with van der Waals surface area (Å²) < 4.78 is 38.5. The van der Waals surface area contributed by atoms with E-state index in [-0.39, 0.29) is 31.6 Å². The van der Waals surface area contributed by atoms with Crippen LogP contribution in [0.25, 0.3) is 11.0 Å². The van der Waals surface area contributed by atoms with Crippen molar-refractivity contribution in [1.82, 2.24) is 15.1 Å². The van der Waals surface area contributed by atoms with Crippen LogP contribution < -0.4 is 5.32 Å². The highest BCUT2D eigenvalue weighted by Gasteiger charge is 2.43. The Morgan fingerprint density at radius 3 is 2.76 bits per heavy atom. The topological polar surface area (TPSA) is 139 Å². The molecule has 0 radical (unpaired) electrons. The number of nitrogens with one attached hydrogen (secondary N) is 1. The van der Waals surface area contributed by atoms with Crippen molar-refractivity contribution < 1.29 is 37.6 Å². The minimum atomic E-state index is -2.81. The molecule has 4 rings (SSSR count). The van der Waals surface area contributed by atoms with Gasteiger partial charge in [-0.15, -0.1) is 0 Å². The largest absolute Gasteiger partial charge is 0.475 e. The molecule has 13 heteroatoms. The first-order chi connectivity index (χ1) is 19.4. The fraction of sp³-hybridized carbons (Fsp3) is 0.536. The number of halogens is 2. The minimum Gasteiger partial charge on any atom is -0.464 e. The second kappa shape index (κ2) is 12.6. The molecule has 1 aromatic carbocycles. The molecular formula is C28H35BF2N4O6. The van der Waals surface area contributed by atoms with Gasteiger partial charge in [0.1, 0.15) is 23.8 Å². The fourth-order valence-corrected chi connectivity index (χ4v) is 5.43. The van der Waals surface area contributed by atoms with Crippen molar-refractivity contribution in [2.24, 2.45) is 0 Å². The fourth-order valence-electron chi connectivity index (χ4n) is 5.43. The summed E-state index contributed by atoms with van der Waals surface area (Å²) in [5.74, 6) is -4.44. The lowest BCUT2D eigenvalue weighted by Crippen LogP contribution is -2.50. The van der Waals surface area contributed by atoms with Crippen molar-refractivity contribution in [2.75, 3.05) is 26.2 Å². The number of amides is 2. The lowest BCUT2D eigenvalue weighted by Gasteiger charge is -2.36. The summed E-state index contributed by atoms with van der Waals surface area (Å²) >= 11 is 0. The standard InChI is InChI=1S/C28H35BF2N4O6/c1-27(2,34-12-10-28(30,31)18-34)14-20(15-32)25(36)35-11-6-5-7-21(35)17-41-26(37)33-24(29(38)39)13-19-16-40-23-9-4-3-8-22(19)23/h3-4,8-9,14,16,21,24,38-39H,5-7,10-13,17-18H2,1-2H3,(H,33,37)/t21-,24+/m1/s1. The van der Waals surface area contributed by atoms with Crippen LogP contribution in [0.2, 0.25) is 0 Å². The summed E-state index contributed by atoms with van der Waals surface area (Å²) in [5.41, 5.74) is 0.214. The van der Waals surface area contributed by atoms with E-state index in [9.17, 15) is 33.7 Å². The van der Waals surface area contributed by atoms with Crippen LogP contribution in [-0.4, -0.2) is 88.7 Å². The van der Waals surface area contributed by atoms with Crippen molar-refractivity contribution in [3.05, 3.63) is 47.7 Å². The van der Waals surface area contributed by atoms with Crippen LogP contribution in [0, 0.1) is 11.3 Å². The number of hydrogen-bond acceptors (Lipinski definition) is 8. The highest BCUT2D eigenvalue weighted by molar-refractivity contribution is 6.43. The number of hydrogen-bond donors (Lipinski definition) is 3. The lowest BCUT2D eigenvalue weighted by atomic mass is 9.76. The van der Waals surface area contributed by atoms with Crippen LogP contribution in [0.3, 0.4) is 0 Å². The molecule has 0 spiro atoms. The van der Waals surface area contributed by atoms with Gasteiger partial charge in [0.05, 0.1) is 24.8 Å². The summed E-state index contributed by atoms with van der Waals surface area (Å²) in [6.45, 7) is 3.28. The Hall–Kier alpha value is -3.47. The number of carbonyl (C=O) groups excluding carboxylic acids is 2. The number of nitriles is 1. The number of furan rings is 1. The molecule has 0 aliphatic carbocycles. The third kappa shape index (κ3) is 7.44. The maximum atomic E-state index is 13.8. The molecule has 3 N–H and O–H groups in total. The molecule has 10 nitrogen and oxygen atoms in total. The zero-order valence-electron chi connectivity index (χ0n) is 23.2. The quantitative estimate of drug-likeness (QED) is 0.237. The minimum absolute atomic E-state index is 0.0763. The van der Waals surface area contributed by atoms with Gasteiger partial charge < -0.3 is 29.4 Å². The second-order valence-corrected chi connectivity index (χ2v) is 11.2. The predicted octanol–water partition coefficient (Wildman–Crippen LogP) is 3.03. The van der Waals surface area contributed by atoms with E-state index in [4.69, 9.17) is 9.15 Å². The Morgan fingerprint density at radius 2 is 2.07 bits per heavy atom. The van der Waals surface area contributed by atoms with Crippen molar-refractivity contribution in [3.8, 4) is 6.07 Å². The van der Waals surface area contributed by atoms with Crippen LogP contribution in [-0.2, 0) is 16.0 Å². The molecule has 0 unspecified atom stereocenters. The van der Waals surface area contributed by atoms with Gasteiger partial charge in [-0.2, -0.15) is 5.26 Å². The summed E-state index contributed by atoms with van der Waals surface area (Å²) in [5, 5.41) is 32.8. The number of para-hydroxylation sites is 1. The van der Waals surface area contributed by atoms with Gasteiger partial charge in [-0.1, -0.05) is 18.2 Å². The van der Waals surface area contributed by atoms with E-state index in [1.807, 2.05) is 24.3 Å². The van der Waals surface area contributed by atoms with Crippen LogP contribution in [0.15, 0.2) is 46.6 Å². The molecule has 2 aromatic rings. The molecule has 0 bridgehead atoms. The van der Waals surface area contributed by atoms with Crippen LogP contribution in [0.5, 0.6) is 0 Å². The number of rotatable bonds is 9. The Kier molecular flexibility index (Phi) is 9.36. The van der Waals surface area contributed by atoms with Crippen molar-refractivity contribution >= 4 is 30.1 Å². The van der Waals surface area contributed by atoms with Gasteiger partial charge in [-0.25, -0.2) is 13.6 Å². The number of fused-ring (bicyclic) bond motifs is 1. The zero-order chi connectivity index (χ0) is 29.8. The van der Waals surface area contributed by atoms with Gasteiger partial charge in [-0.05, 0) is 57.2 Å². The normalized spacial score (nSPS) is 20.5. The first kappa shape index (κ1) is 30.5. The molecule has 2 fully saturated rings. The number of likely N-dealkylation sites (tertiary alicyclic amines) is 2. The first-order valence-electron chi connectivity index (χ1n) is 13.7. The number of nitrogens with zero attached hydrogens (tertiary/aromatic N) is 3. The van der Waals surface area contributed by atoms with Gasteiger partial charge in [0.15, 0.2) is 0 Å². The number of alkyl carbamates (subject to hydrolysis) is 1. The molecule has 2 aliphatic heterocycles. The number of carbonyl (C=O) groups is 2. The van der Waals surface area contributed by atoms with Crippen molar-refractivity contribution in [1.29, 1.82) is 5.26 Å². The maximum absolute atomic E-state index is 13.8. The molecule has 3 heterocycles. The van der Waals surface area contributed by atoms with Gasteiger partial charge in [0.25, 0.3) is 11.8 Å². The molecule has 1 aromatic heterocycles. The molecule has 41 heavy (non-hydrogen) atoms. The predicted molar refractivity (Wildman–Crippen MR) is 147 cm³/mol. The van der Waals surface area contributed by atoms with Crippen molar-refractivity contribution in [3.63, 3.8) is 0 Å². The van der Waals surface area contributed by atoms with E-state index in [0.29, 0.717) is 30.5 Å². The molecule has 2 atom stereocenters. The number of piperidine rings is 1. The third-order valence-corrected chi connectivity index (χ3v) is 7.79. The monoisotopic (exact) mass is 572 g/mol. The number of alkyl halides is 2. The highest BCUT2D eigenvalue weighted by atomic mass is 19.3. The summed E-state index contributed by atoms with van der Waals surface area (Å²) in [4.78, 5) is 29.1. The average molecular weight is 572 g/mol. The van der Waals surface area contributed by atoms with E-state index in [0.717, 1.165) is 11.8 Å². The number of ether oxygens (including phenoxy) is 1. The zero-order valence-corrected chi connectivity index (χ0v) is 23.2. The summed E-state index contributed by atoms with van der Waals surface area (Å²) in [6, 6.07) is 8.66. The SMILES string of the molecule is CC(C)(C=C(C#N)C(=O)N1CCCC[C@@H]1COC(=O)N[C@@H](Cc1coc2ccccc12)B(O)O)N1CCC(F)(F)C1. The Morgan fingerprint density at radius 1 is 1.32 bits per heavy atom. The molecule has 2 saturated heterocycles. The maximum Gasteiger partial charge on any atom is 0.475 e.